The summed E-state index contributed by atoms with van der Waals surface area (Å²) >= 11 is 0. The van der Waals surface area contributed by atoms with E-state index in [1.807, 2.05) is 0 Å². The zero-order valence-corrected chi connectivity index (χ0v) is 8.71. The average molecular weight is 232 g/mol. The van der Waals surface area contributed by atoms with Crippen molar-refractivity contribution in [3.8, 4) is 0 Å². The minimum absolute atomic E-state index is 0.189. The lowest BCUT2D eigenvalue weighted by molar-refractivity contribution is -0.385. The summed E-state index contributed by atoms with van der Waals surface area (Å²) in [6.45, 7) is 0. The van der Waals surface area contributed by atoms with Crippen LogP contribution in [0.4, 0.5) is 10.1 Å². The number of hydrogen-bond acceptors (Lipinski definition) is 4. The Morgan fingerprint density at radius 2 is 2.13 bits per heavy atom. The Kier molecular flexibility index (Phi) is 3.04. The second-order valence-corrected chi connectivity index (χ2v) is 5.52. The van der Waals surface area contributed by atoms with E-state index in [1.165, 1.54) is 6.26 Å². The van der Waals surface area contributed by atoms with E-state index < -0.39 is 26.2 Å². The van der Waals surface area contributed by atoms with Gasteiger partial charge in [-0.3, -0.25) is 14.9 Å². The molecule has 0 unspecified atom stereocenters. The van der Waals surface area contributed by atoms with Gasteiger partial charge >= 0.3 is 0 Å². The highest BCUT2D eigenvalue weighted by atomic mass is 32.2. The van der Waals surface area contributed by atoms with E-state index in [0.29, 0.717) is 0 Å². The molecule has 0 aliphatic heterocycles. The van der Waals surface area contributed by atoms with Gasteiger partial charge in [-0.1, -0.05) is 0 Å². The lowest BCUT2D eigenvalue weighted by Gasteiger charge is -2.01. The third-order valence-corrected chi connectivity index (χ3v) is 2.48. The molecule has 1 N–H and O–H groups in total. The number of nitrogens with one attached hydrogen (secondary N) is 1. The molecule has 0 amide bonds. The molecule has 1 atom stereocenters. The summed E-state index contributed by atoms with van der Waals surface area (Å²) in [5, 5.41) is 10.4. The summed E-state index contributed by atoms with van der Waals surface area (Å²) in [5.74, 6) is -0.950. The maximum atomic E-state index is 12.9. The van der Waals surface area contributed by atoms with E-state index in [1.54, 1.807) is 0 Å². The van der Waals surface area contributed by atoms with E-state index in [4.69, 9.17) is 4.78 Å². The molecule has 0 fully saturated rings. The number of rotatable bonds is 3. The van der Waals surface area contributed by atoms with Crippen LogP contribution in [0, 0.1) is 20.7 Å². The minimum atomic E-state index is -2.83. The molecular weight excluding hydrogens is 223 g/mol. The molecule has 0 aliphatic rings. The molecule has 0 radical (unpaired) electrons. The van der Waals surface area contributed by atoms with Gasteiger partial charge in [-0.2, -0.15) is 0 Å². The smallest absolute Gasteiger partial charge is 0.258 e. The van der Waals surface area contributed by atoms with E-state index in [-0.39, 0.29) is 11.3 Å². The highest BCUT2D eigenvalue weighted by molar-refractivity contribution is 7.90. The fraction of sp³-hybridized carbons (Fsp3) is 0.250. The van der Waals surface area contributed by atoms with Gasteiger partial charge in [0.1, 0.15) is 5.82 Å². The SMILES string of the molecule is C[S@@](=N)(=O)Cc1cc(F)cc([N+](=O)[O-])c1. The van der Waals surface area contributed by atoms with Gasteiger partial charge in [0.05, 0.1) is 16.7 Å². The molecule has 0 saturated heterocycles. The molecule has 1 aromatic rings. The van der Waals surface area contributed by atoms with Gasteiger partial charge < -0.3 is 0 Å². The van der Waals surface area contributed by atoms with Gasteiger partial charge in [-0.15, -0.1) is 0 Å². The fourth-order valence-corrected chi connectivity index (χ4v) is 1.94. The van der Waals surface area contributed by atoms with Gasteiger partial charge in [0.25, 0.3) is 5.69 Å². The topological polar surface area (TPSA) is 84.1 Å². The van der Waals surface area contributed by atoms with Crippen LogP contribution in [0.25, 0.3) is 0 Å². The molecule has 0 aromatic heterocycles. The first-order valence-electron chi connectivity index (χ1n) is 3.93. The summed E-state index contributed by atoms with van der Waals surface area (Å²) < 4.78 is 31.2. The molecule has 1 rings (SSSR count). The maximum Gasteiger partial charge on any atom is 0.272 e. The van der Waals surface area contributed by atoms with E-state index in [2.05, 4.69) is 0 Å². The Hall–Kier alpha value is -1.50. The monoisotopic (exact) mass is 232 g/mol. The maximum absolute atomic E-state index is 12.9. The predicted molar refractivity (Wildman–Crippen MR) is 53.5 cm³/mol. The van der Waals surface area contributed by atoms with Crippen molar-refractivity contribution in [2.45, 2.75) is 5.75 Å². The van der Waals surface area contributed by atoms with Crippen LogP contribution in [0.3, 0.4) is 0 Å². The highest BCUT2D eigenvalue weighted by Crippen LogP contribution is 2.17. The van der Waals surface area contributed by atoms with Crippen LogP contribution in [0.2, 0.25) is 0 Å². The lowest BCUT2D eigenvalue weighted by atomic mass is 10.2. The van der Waals surface area contributed by atoms with Crippen LogP contribution in [-0.4, -0.2) is 15.4 Å². The fourth-order valence-electron chi connectivity index (χ4n) is 1.14. The molecule has 0 heterocycles. The van der Waals surface area contributed by atoms with Crippen LogP contribution >= 0.6 is 0 Å². The van der Waals surface area contributed by atoms with Crippen LogP contribution in [0.5, 0.6) is 0 Å². The van der Waals surface area contributed by atoms with Gasteiger partial charge in [0.2, 0.25) is 0 Å². The second-order valence-electron chi connectivity index (χ2n) is 3.22. The Balaban J connectivity index is 3.15. The minimum Gasteiger partial charge on any atom is -0.258 e. The molecular formula is C8H9FN2O3S. The number of nitro benzene ring substituents is 1. The molecule has 7 heteroatoms. The number of nitro groups is 1. The van der Waals surface area contributed by atoms with E-state index in [9.17, 15) is 18.7 Å². The van der Waals surface area contributed by atoms with Crippen molar-refractivity contribution in [3.63, 3.8) is 0 Å². The van der Waals surface area contributed by atoms with E-state index >= 15 is 0 Å². The first-order chi connectivity index (χ1) is 6.78. The van der Waals surface area contributed by atoms with Crippen LogP contribution in [0.15, 0.2) is 18.2 Å². The third-order valence-electron chi connectivity index (χ3n) is 1.60. The predicted octanol–water partition coefficient (Wildman–Crippen LogP) is 1.91. The Labute approximate surface area is 86.0 Å². The number of nitrogens with zero attached hydrogens (tertiary/aromatic N) is 1. The van der Waals surface area contributed by atoms with Crippen molar-refractivity contribution in [3.05, 3.63) is 39.7 Å². The number of benzene rings is 1. The molecule has 0 bridgehead atoms. The van der Waals surface area contributed by atoms with Gasteiger partial charge in [-0.05, 0) is 11.6 Å². The standard InChI is InChI=1S/C8H9FN2O3S/c1-15(10,14)5-6-2-7(9)4-8(3-6)11(12)13/h2-4,10H,5H2,1H3/t15-/m1/s1. The Bertz CT molecular complexity index is 499. The Morgan fingerprint density at radius 1 is 1.53 bits per heavy atom. The van der Waals surface area contributed by atoms with Gasteiger partial charge in [-0.25, -0.2) is 8.60 Å². The van der Waals surface area contributed by atoms with Crippen molar-refractivity contribution < 1.29 is 13.5 Å². The molecule has 1 aromatic carbocycles. The third kappa shape index (κ3) is 3.62. The number of non-ortho nitro benzene ring substituents is 1. The summed E-state index contributed by atoms with van der Waals surface area (Å²) in [5.41, 5.74) is -0.196. The first-order valence-corrected chi connectivity index (χ1v) is 6.07. The largest absolute Gasteiger partial charge is 0.272 e. The van der Waals surface area contributed by atoms with Crippen LogP contribution in [0.1, 0.15) is 5.56 Å². The van der Waals surface area contributed by atoms with Crippen LogP contribution in [-0.2, 0) is 15.5 Å². The first kappa shape index (κ1) is 11.6. The molecule has 5 nitrogen and oxygen atoms in total. The quantitative estimate of drug-likeness (QED) is 0.638. The molecule has 0 spiro atoms. The van der Waals surface area contributed by atoms with Crippen molar-refractivity contribution in [1.82, 2.24) is 0 Å². The van der Waals surface area contributed by atoms with Crippen LogP contribution < -0.4 is 0 Å². The lowest BCUT2D eigenvalue weighted by Crippen LogP contribution is -2.00. The zero-order chi connectivity index (χ0) is 11.6. The summed E-state index contributed by atoms with van der Waals surface area (Å²) in [7, 11) is -2.83. The molecule has 0 saturated carbocycles. The van der Waals surface area contributed by atoms with Gasteiger partial charge in [0.15, 0.2) is 0 Å². The molecule has 0 aliphatic carbocycles. The summed E-state index contributed by atoms with van der Waals surface area (Å²) in [4.78, 5) is 9.66. The highest BCUT2D eigenvalue weighted by Gasteiger charge is 2.11. The summed E-state index contributed by atoms with van der Waals surface area (Å²) in [6, 6.07) is 2.95. The van der Waals surface area contributed by atoms with E-state index in [0.717, 1.165) is 18.2 Å². The number of halogens is 1. The molecule has 82 valence electrons. The van der Waals surface area contributed by atoms with Crippen molar-refractivity contribution >= 4 is 15.4 Å². The Morgan fingerprint density at radius 3 is 2.60 bits per heavy atom. The molecule has 15 heavy (non-hydrogen) atoms. The zero-order valence-electron chi connectivity index (χ0n) is 7.90. The number of hydrogen-bond donors (Lipinski definition) is 1. The average Bonchev–Trinajstić information content (AvgIpc) is 1.99. The van der Waals surface area contributed by atoms with Crippen molar-refractivity contribution in [1.29, 1.82) is 4.78 Å². The summed E-state index contributed by atoms with van der Waals surface area (Å²) in [6.07, 6.45) is 1.20. The van der Waals surface area contributed by atoms with Gasteiger partial charge in [0, 0.05) is 22.1 Å². The van der Waals surface area contributed by atoms with Crippen molar-refractivity contribution in [2.75, 3.05) is 6.26 Å². The normalized spacial score (nSPS) is 14.5. The van der Waals surface area contributed by atoms with Crippen molar-refractivity contribution in [2.24, 2.45) is 0 Å². The second kappa shape index (κ2) is 3.93.